The summed E-state index contributed by atoms with van der Waals surface area (Å²) in [7, 11) is 0. The highest BCUT2D eigenvalue weighted by Gasteiger charge is 2.16. The van der Waals surface area contributed by atoms with E-state index in [4.69, 9.17) is 10.3 Å². The molecule has 0 spiro atoms. The number of hydrogen-bond donors (Lipinski definition) is 2. The number of nitrogens with zero attached hydrogens (tertiary/aromatic N) is 1. The second kappa shape index (κ2) is 2.80. The SMILES string of the molecule is CC(C)(C)c1cc(O)n(O)c(=O)c1. The molecule has 0 aromatic carbocycles. The van der Waals surface area contributed by atoms with E-state index in [-0.39, 0.29) is 10.1 Å². The molecular weight excluding hydrogens is 170 g/mol. The van der Waals surface area contributed by atoms with Gasteiger partial charge in [-0.3, -0.25) is 4.79 Å². The molecule has 0 fully saturated rings. The van der Waals surface area contributed by atoms with Crippen LogP contribution in [0.1, 0.15) is 26.3 Å². The Hall–Kier alpha value is -1.45. The second-order valence-electron chi connectivity index (χ2n) is 4.00. The van der Waals surface area contributed by atoms with Crippen LogP contribution in [-0.2, 0) is 5.41 Å². The fourth-order valence-corrected chi connectivity index (χ4v) is 0.982. The highest BCUT2D eigenvalue weighted by atomic mass is 16.5. The van der Waals surface area contributed by atoms with Gasteiger partial charge in [0.25, 0.3) is 5.56 Å². The minimum Gasteiger partial charge on any atom is -0.492 e. The van der Waals surface area contributed by atoms with E-state index in [0.29, 0.717) is 5.56 Å². The van der Waals surface area contributed by atoms with Crippen LogP contribution in [0.15, 0.2) is 16.9 Å². The molecule has 0 unspecified atom stereocenters. The average molecular weight is 183 g/mol. The first-order valence-electron chi connectivity index (χ1n) is 3.98. The van der Waals surface area contributed by atoms with Crippen molar-refractivity contribution in [2.75, 3.05) is 0 Å². The van der Waals surface area contributed by atoms with E-state index in [0.717, 1.165) is 0 Å². The molecular formula is C9H13NO3. The Bertz CT molecular complexity index is 373. The summed E-state index contributed by atoms with van der Waals surface area (Å²) in [6, 6.07) is 2.68. The highest BCUT2D eigenvalue weighted by molar-refractivity contribution is 5.26. The van der Waals surface area contributed by atoms with Gasteiger partial charge in [-0.2, -0.15) is 0 Å². The van der Waals surface area contributed by atoms with E-state index >= 15 is 0 Å². The van der Waals surface area contributed by atoms with E-state index < -0.39 is 11.4 Å². The van der Waals surface area contributed by atoms with Gasteiger partial charge in [0.15, 0.2) is 0 Å². The third-order valence-electron chi connectivity index (χ3n) is 1.86. The van der Waals surface area contributed by atoms with Crippen LogP contribution >= 0.6 is 0 Å². The molecule has 0 bridgehead atoms. The van der Waals surface area contributed by atoms with Crippen molar-refractivity contribution in [3.63, 3.8) is 0 Å². The number of aromatic nitrogens is 1. The maximum absolute atomic E-state index is 11.1. The monoisotopic (exact) mass is 183 g/mol. The van der Waals surface area contributed by atoms with Crippen LogP contribution in [0.2, 0.25) is 0 Å². The van der Waals surface area contributed by atoms with Crippen LogP contribution < -0.4 is 5.56 Å². The Labute approximate surface area is 76.0 Å². The van der Waals surface area contributed by atoms with Crippen molar-refractivity contribution in [1.29, 1.82) is 0 Å². The Morgan fingerprint density at radius 2 is 1.85 bits per heavy atom. The fourth-order valence-electron chi connectivity index (χ4n) is 0.982. The maximum Gasteiger partial charge on any atom is 0.286 e. The lowest BCUT2D eigenvalue weighted by Gasteiger charge is -2.18. The number of aromatic hydroxyl groups is 1. The summed E-state index contributed by atoms with van der Waals surface area (Å²) in [4.78, 5) is 11.1. The predicted molar refractivity (Wildman–Crippen MR) is 48.3 cm³/mol. The first-order valence-corrected chi connectivity index (χ1v) is 3.98. The molecule has 72 valence electrons. The molecule has 0 saturated heterocycles. The summed E-state index contributed by atoms with van der Waals surface area (Å²) < 4.78 is 0.217. The van der Waals surface area contributed by atoms with E-state index in [2.05, 4.69) is 0 Å². The van der Waals surface area contributed by atoms with Crippen molar-refractivity contribution in [2.24, 2.45) is 0 Å². The quantitative estimate of drug-likeness (QED) is 0.592. The maximum atomic E-state index is 11.1. The molecule has 1 rings (SSSR count). The summed E-state index contributed by atoms with van der Waals surface area (Å²) in [5.74, 6) is -0.433. The first-order chi connectivity index (χ1) is 5.82. The lowest BCUT2D eigenvalue weighted by Crippen LogP contribution is -2.21. The predicted octanol–water partition coefficient (Wildman–Crippen LogP) is 1.09. The molecule has 1 heterocycles. The van der Waals surface area contributed by atoms with Crippen LogP contribution in [0.5, 0.6) is 5.88 Å². The van der Waals surface area contributed by atoms with Crippen LogP contribution in [0.4, 0.5) is 0 Å². The standard InChI is InChI=1S/C9H13NO3/c1-9(2,3)6-4-7(11)10(13)8(12)5-6/h4-5,11,13H,1-3H3. The van der Waals surface area contributed by atoms with Gasteiger partial charge in [0.05, 0.1) is 0 Å². The molecule has 0 radical (unpaired) electrons. The normalized spacial score (nSPS) is 11.6. The molecule has 0 saturated carbocycles. The minimum absolute atomic E-state index is 0.217. The van der Waals surface area contributed by atoms with Gasteiger partial charge in [0, 0.05) is 12.1 Å². The van der Waals surface area contributed by atoms with E-state index in [9.17, 15) is 4.79 Å². The average Bonchev–Trinajstić information content (AvgIpc) is 1.97. The summed E-state index contributed by atoms with van der Waals surface area (Å²) in [6.07, 6.45) is 0. The molecule has 0 aliphatic heterocycles. The Balaban J connectivity index is 3.38. The second-order valence-corrected chi connectivity index (χ2v) is 4.00. The van der Waals surface area contributed by atoms with E-state index in [1.54, 1.807) is 0 Å². The van der Waals surface area contributed by atoms with Gasteiger partial charge in [-0.25, -0.2) is 0 Å². The van der Waals surface area contributed by atoms with Crippen LogP contribution in [0, 0.1) is 0 Å². The third-order valence-corrected chi connectivity index (χ3v) is 1.86. The smallest absolute Gasteiger partial charge is 0.286 e. The Morgan fingerprint density at radius 3 is 2.23 bits per heavy atom. The van der Waals surface area contributed by atoms with Crippen LogP contribution in [0.25, 0.3) is 0 Å². The van der Waals surface area contributed by atoms with E-state index in [1.807, 2.05) is 20.8 Å². The number of pyridine rings is 1. The number of hydrogen-bond acceptors (Lipinski definition) is 3. The van der Waals surface area contributed by atoms with Gasteiger partial charge in [0.1, 0.15) is 0 Å². The first kappa shape index (κ1) is 9.64. The van der Waals surface area contributed by atoms with Crippen LogP contribution in [-0.4, -0.2) is 15.0 Å². The lowest BCUT2D eigenvalue weighted by atomic mass is 9.88. The molecule has 13 heavy (non-hydrogen) atoms. The molecule has 1 aromatic heterocycles. The number of rotatable bonds is 0. The van der Waals surface area contributed by atoms with Crippen molar-refractivity contribution in [2.45, 2.75) is 26.2 Å². The minimum atomic E-state index is -0.620. The van der Waals surface area contributed by atoms with Crippen molar-refractivity contribution in [1.82, 2.24) is 4.73 Å². The summed E-state index contributed by atoms with van der Waals surface area (Å²) in [6.45, 7) is 5.76. The summed E-state index contributed by atoms with van der Waals surface area (Å²) in [5.41, 5.74) is -0.143. The zero-order chi connectivity index (χ0) is 10.2. The summed E-state index contributed by atoms with van der Waals surface area (Å²) >= 11 is 0. The summed E-state index contributed by atoms with van der Waals surface area (Å²) in [5, 5.41) is 18.1. The molecule has 0 atom stereocenters. The topological polar surface area (TPSA) is 62.5 Å². The zero-order valence-corrected chi connectivity index (χ0v) is 7.90. The Morgan fingerprint density at radius 1 is 1.31 bits per heavy atom. The Kier molecular flexibility index (Phi) is 2.07. The van der Waals surface area contributed by atoms with Crippen molar-refractivity contribution < 1.29 is 10.3 Å². The third kappa shape index (κ3) is 1.83. The fraction of sp³-hybridized carbons (Fsp3) is 0.444. The van der Waals surface area contributed by atoms with Crippen LogP contribution in [0.3, 0.4) is 0 Å². The van der Waals surface area contributed by atoms with Gasteiger partial charge < -0.3 is 10.3 Å². The van der Waals surface area contributed by atoms with Gasteiger partial charge >= 0.3 is 0 Å². The molecule has 4 nitrogen and oxygen atoms in total. The lowest BCUT2D eigenvalue weighted by molar-refractivity contribution is 0.143. The zero-order valence-electron chi connectivity index (χ0n) is 7.90. The van der Waals surface area contributed by atoms with Crippen molar-refractivity contribution in [3.05, 3.63) is 28.0 Å². The molecule has 0 aliphatic carbocycles. The molecule has 1 aromatic rings. The highest BCUT2D eigenvalue weighted by Crippen LogP contribution is 2.22. The van der Waals surface area contributed by atoms with Gasteiger partial charge in [-0.05, 0) is 11.0 Å². The van der Waals surface area contributed by atoms with Crippen molar-refractivity contribution >= 4 is 0 Å². The van der Waals surface area contributed by atoms with Gasteiger partial charge in [0.2, 0.25) is 5.88 Å². The molecule has 4 heteroatoms. The molecule has 2 N–H and O–H groups in total. The largest absolute Gasteiger partial charge is 0.492 e. The molecule has 0 amide bonds. The van der Waals surface area contributed by atoms with Gasteiger partial charge in [-0.15, -0.1) is 4.73 Å². The van der Waals surface area contributed by atoms with Crippen molar-refractivity contribution in [3.8, 4) is 5.88 Å². The van der Waals surface area contributed by atoms with E-state index in [1.165, 1.54) is 12.1 Å². The molecule has 0 aliphatic rings. The van der Waals surface area contributed by atoms with Gasteiger partial charge in [-0.1, -0.05) is 20.8 Å².